The maximum Gasteiger partial charge on any atom is 0.416 e. The smallest absolute Gasteiger partial charge is 0.381 e. The molecule has 2 atom stereocenters. The number of hydrogen-bond donors (Lipinski definition) is 0. The molecule has 3 fully saturated rings. The van der Waals surface area contributed by atoms with Crippen molar-refractivity contribution in [1.82, 2.24) is 19.7 Å². The van der Waals surface area contributed by atoms with Crippen molar-refractivity contribution in [1.29, 1.82) is 0 Å². The molecule has 34 heavy (non-hydrogen) atoms. The summed E-state index contributed by atoms with van der Waals surface area (Å²) in [7, 11) is 2.05. The Balaban J connectivity index is 1.09. The number of benzene rings is 1. The van der Waals surface area contributed by atoms with Gasteiger partial charge >= 0.3 is 6.18 Å². The van der Waals surface area contributed by atoms with Gasteiger partial charge in [-0.25, -0.2) is 4.39 Å². The number of unbranched alkanes of at least 4 members (excludes halogenated alkanes) is 1. The maximum absolute atomic E-state index is 14.4. The van der Waals surface area contributed by atoms with Crippen LogP contribution in [0.3, 0.4) is 0 Å². The lowest BCUT2D eigenvalue weighted by molar-refractivity contribution is -0.137. The van der Waals surface area contributed by atoms with E-state index in [2.05, 4.69) is 26.7 Å². The molecule has 0 amide bonds. The first-order valence-electron chi connectivity index (χ1n) is 12.3. The molecule has 1 aromatic heterocycles. The van der Waals surface area contributed by atoms with Crippen molar-refractivity contribution < 1.29 is 22.3 Å². The molecular weight excluding hydrogens is 448 g/mol. The molecule has 3 heterocycles. The van der Waals surface area contributed by atoms with Gasteiger partial charge in [-0.2, -0.15) is 13.2 Å². The van der Waals surface area contributed by atoms with Crippen LogP contribution in [-0.4, -0.2) is 52.5 Å². The van der Waals surface area contributed by atoms with E-state index >= 15 is 0 Å². The first kappa shape index (κ1) is 23.7. The third-order valence-electron chi connectivity index (χ3n) is 8.07. The minimum atomic E-state index is -4.51. The van der Waals surface area contributed by atoms with Gasteiger partial charge in [0.1, 0.15) is 17.5 Å². The van der Waals surface area contributed by atoms with E-state index in [-0.39, 0.29) is 11.3 Å². The molecule has 0 radical (unpaired) electrons. The lowest BCUT2D eigenvalue weighted by atomic mass is 9.97. The number of alkyl halides is 3. The molecular formula is C25H32F4N4O. The highest BCUT2D eigenvalue weighted by atomic mass is 19.4. The molecule has 1 aliphatic carbocycles. The van der Waals surface area contributed by atoms with Crippen LogP contribution in [0.2, 0.25) is 0 Å². The molecule has 1 spiro atoms. The largest absolute Gasteiger partial charge is 0.416 e. The summed E-state index contributed by atoms with van der Waals surface area (Å²) in [6.45, 7) is 4.42. The molecule has 186 valence electrons. The van der Waals surface area contributed by atoms with Gasteiger partial charge in [-0.1, -0.05) is 6.07 Å². The molecule has 9 heteroatoms. The highest BCUT2D eigenvalue weighted by Crippen LogP contribution is 2.64. The highest BCUT2D eigenvalue weighted by Gasteiger charge is 2.58. The van der Waals surface area contributed by atoms with Crippen LogP contribution in [0.5, 0.6) is 0 Å². The summed E-state index contributed by atoms with van der Waals surface area (Å²) in [6, 6.07) is 3.00. The van der Waals surface area contributed by atoms with Gasteiger partial charge in [0.2, 0.25) is 0 Å². The SMILES string of the molecule is Cn1c(CCCCN2CC[C@@]3(C[C@H]3c3ccc(C(F)(F)F)cc3F)C2)nnc1C1CCOCC1. The normalized spacial score (nSPS) is 26.0. The van der Waals surface area contributed by atoms with E-state index in [0.717, 1.165) is 95.5 Å². The molecule has 2 aromatic rings. The summed E-state index contributed by atoms with van der Waals surface area (Å²) in [5.41, 5.74) is -0.445. The zero-order valence-electron chi connectivity index (χ0n) is 19.6. The van der Waals surface area contributed by atoms with Gasteiger partial charge in [-0.15, -0.1) is 10.2 Å². The van der Waals surface area contributed by atoms with Crippen molar-refractivity contribution in [2.24, 2.45) is 12.5 Å². The van der Waals surface area contributed by atoms with Crippen LogP contribution in [0.4, 0.5) is 17.6 Å². The van der Waals surface area contributed by atoms with Crippen LogP contribution in [0.15, 0.2) is 18.2 Å². The van der Waals surface area contributed by atoms with Crippen LogP contribution in [-0.2, 0) is 24.4 Å². The van der Waals surface area contributed by atoms with Crippen molar-refractivity contribution in [3.63, 3.8) is 0 Å². The monoisotopic (exact) mass is 480 g/mol. The number of hydrogen-bond acceptors (Lipinski definition) is 4. The first-order chi connectivity index (χ1) is 16.3. The highest BCUT2D eigenvalue weighted by molar-refractivity contribution is 5.35. The van der Waals surface area contributed by atoms with Gasteiger partial charge in [0.05, 0.1) is 5.56 Å². The summed E-state index contributed by atoms with van der Waals surface area (Å²) in [4.78, 5) is 2.42. The average Bonchev–Trinajstić information content (AvgIpc) is 3.14. The second kappa shape index (κ2) is 9.22. The van der Waals surface area contributed by atoms with Crippen molar-refractivity contribution in [3.05, 3.63) is 46.8 Å². The summed E-state index contributed by atoms with van der Waals surface area (Å²) < 4.78 is 60.5. The Morgan fingerprint density at radius 1 is 1.15 bits per heavy atom. The molecule has 0 bridgehead atoms. The zero-order chi connectivity index (χ0) is 23.9. The van der Waals surface area contributed by atoms with Gasteiger partial charge in [0.25, 0.3) is 0 Å². The lowest BCUT2D eigenvalue weighted by Gasteiger charge is -2.21. The minimum Gasteiger partial charge on any atom is -0.381 e. The Kier molecular flexibility index (Phi) is 6.44. The number of ether oxygens (including phenoxy) is 1. The Hall–Kier alpha value is -2.00. The van der Waals surface area contributed by atoms with E-state index in [1.165, 1.54) is 6.07 Å². The second-order valence-corrected chi connectivity index (χ2v) is 10.3. The number of nitrogens with zero attached hydrogens (tertiary/aromatic N) is 4. The topological polar surface area (TPSA) is 43.2 Å². The first-order valence-corrected chi connectivity index (χ1v) is 12.3. The van der Waals surface area contributed by atoms with Crippen LogP contribution in [0, 0.1) is 11.2 Å². The number of rotatable bonds is 7. The van der Waals surface area contributed by atoms with Gasteiger partial charge < -0.3 is 14.2 Å². The van der Waals surface area contributed by atoms with E-state index in [1.807, 2.05) is 0 Å². The summed E-state index contributed by atoms with van der Waals surface area (Å²) in [6.07, 6.45) is 2.30. The molecule has 1 aromatic carbocycles. The minimum absolute atomic E-state index is 0.0297. The molecule has 5 nitrogen and oxygen atoms in total. The lowest BCUT2D eigenvalue weighted by Crippen LogP contribution is -2.23. The van der Waals surface area contributed by atoms with Crippen LogP contribution in [0.1, 0.15) is 73.1 Å². The van der Waals surface area contributed by atoms with Crippen LogP contribution >= 0.6 is 0 Å². The van der Waals surface area contributed by atoms with E-state index in [0.29, 0.717) is 17.5 Å². The van der Waals surface area contributed by atoms with Crippen LogP contribution in [0.25, 0.3) is 0 Å². The summed E-state index contributed by atoms with van der Waals surface area (Å²) in [5, 5.41) is 8.86. The van der Waals surface area contributed by atoms with Gasteiger partial charge in [-0.3, -0.25) is 0 Å². The molecule has 3 aliphatic rings. The Morgan fingerprint density at radius 3 is 2.68 bits per heavy atom. The fourth-order valence-electron chi connectivity index (χ4n) is 5.92. The van der Waals surface area contributed by atoms with Crippen molar-refractivity contribution in [2.75, 3.05) is 32.8 Å². The fraction of sp³-hybridized carbons (Fsp3) is 0.680. The van der Waals surface area contributed by atoms with E-state index < -0.39 is 17.6 Å². The zero-order valence-corrected chi connectivity index (χ0v) is 19.6. The van der Waals surface area contributed by atoms with Crippen molar-refractivity contribution >= 4 is 0 Å². The Morgan fingerprint density at radius 2 is 1.94 bits per heavy atom. The average molecular weight is 481 g/mol. The predicted molar refractivity (Wildman–Crippen MR) is 119 cm³/mol. The third-order valence-corrected chi connectivity index (χ3v) is 8.07. The molecule has 1 saturated carbocycles. The standard InChI is InChI=1S/C25H32F4N4O/c1-32-22(30-31-23(32)17-7-12-34-13-8-17)4-2-3-10-33-11-9-24(16-33)15-20(24)19-6-5-18(14-21(19)26)25(27,28)29/h5-6,14,17,20H,2-4,7-13,15-16H2,1H3/t20-,24+/m0/s1. The number of likely N-dealkylation sites (tertiary alicyclic amines) is 1. The second-order valence-electron chi connectivity index (χ2n) is 10.3. The molecule has 2 saturated heterocycles. The number of aryl methyl sites for hydroxylation is 1. The van der Waals surface area contributed by atoms with Crippen molar-refractivity contribution in [2.45, 2.75) is 63.0 Å². The summed E-state index contributed by atoms with van der Waals surface area (Å²) in [5.74, 6) is 1.83. The Labute approximate surface area is 197 Å². The quantitative estimate of drug-likeness (QED) is 0.410. The predicted octanol–water partition coefficient (Wildman–Crippen LogP) is 5.07. The molecule has 5 rings (SSSR count). The number of aromatic nitrogens is 3. The molecule has 2 aliphatic heterocycles. The number of halogens is 4. The van der Waals surface area contributed by atoms with Crippen LogP contribution < -0.4 is 0 Å². The van der Waals surface area contributed by atoms with E-state index in [9.17, 15) is 17.6 Å². The van der Waals surface area contributed by atoms with Gasteiger partial charge in [0.15, 0.2) is 0 Å². The van der Waals surface area contributed by atoms with E-state index in [1.54, 1.807) is 0 Å². The third kappa shape index (κ3) is 4.73. The fourth-order valence-corrected chi connectivity index (χ4v) is 5.92. The van der Waals surface area contributed by atoms with Crippen molar-refractivity contribution in [3.8, 4) is 0 Å². The molecule has 0 N–H and O–H groups in total. The maximum atomic E-state index is 14.4. The Bertz CT molecular complexity index is 1020. The van der Waals surface area contributed by atoms with Gasteiger partial charge in [-0.05, 0) is 80.6 Å². The molecule has 0 unspecified atom stereocenters. The van der Waals surface area contributed by atoms with E-state index in [4.69, 9.17) is 4.74 Å². The summed E-state index contributed by atoms with van der Waals surface area (Å²) >= 11 is 0. The van der Waals surface area contributed by atoms with Gasteiger partial charge in [0, 0.05) is 39.1 Å².